The Morgan fingerprint density at radius 2 is 2.17 bits per heavy atom. The van der Waals surface area contributed by atoms with Gasteiger partial charge >= 0.3 is 0 Å². The Morgan fingerprint density at radius 3 is 2.89 bits per heavy atom. The highest BCUT2D eigenvalue weighted by molar-refractivity contribution is 5.03. The van der Waals surface area contributed by atoms with E-state index in [0.29, 0.717) is 5.92 Å². The summed E-state index contributed by atoms with van der Waals surface area (Å²) in [7, 11) is 2.13. The molecule has 0 aliphatic heterocycles. The van der Waals surface area contributed by atoms with Crippen LogP contribution in [0.3, 0.4) is 0 Å². The molecule has 0 radical (unpaired) electrons. The Bertz CT molecular complexity index is 345. The SMILES string of the molecule is CCCNCC1CCCCCC1c1nccn1C. The molecule has 1 aromatic heterocycles. The van der Waals surface area contributed by atoms with Gasteiger partial charge in [-0.2, -0.15) is 0 Å². The number of aromatic nitrogens is 2. The average molecular weight is 249 g/mol. The molecule has 18 heavy (non-hydrogen) atoms. The van der Waals surface area contributed by atoms with Gasteiger partial charge in [0, 0.05) is 25.4 Å². The number of nitrogens with one attached hydrogen (secondary N) is 1. The van der Waals surface area contributed by atoms with Gasteiger partial charge in [-0.15, -0.1) is 0 Å². The van der Waals surface area contributed by atoms with Crippen LogP contribution in [0.5, 0.6) is 0 Å². The molecule has 1 saturated carbocycles. The topological polar surface area (TPSA) is 29.9 Å². The van der Waals surface area contributed by atoms with E-state index in [-0.39, 0.29) is 0 Å². The van der Waals surface area contributed by atoms with E-state index in [4.69, 9.17) is 0 Å². The highest BCUT2D eigenvalue weighted by atomic mass is 15.0. The van der Waals surface area contributed by atoms with Gasteiger partial charge in [0.2, 0.25) is 0 Å². The summed E-state index contributed by atoms with van der Waals surface area (Å²) < 4.78 is 2.21. The van der Waals surface area contributed by atoms with Crippen molar-refractivity contribution >= 4 is 0 Å². The third kappa shape index (κ3) is 3.35. The second-order valence-electron chi connectivity index (χ2n) is 5.61. The molecule has 0 amide bonds. The fraction of sp³-hybridized carbons (Fsp3) is 0.800. The maximum atomic E-state index is 4.59. The Morgan fingerprint density at radius 1 is 1.33 bits per heavy atom. The lowest BCUT2D eigenvalue weighted by molar-refractivity contribution is 0.359. The van der Waals surface area contributed by atoms with Crippen molar-refractivity contribution in [1.82, 2.24) is 14.9 Å². The van der Waals surface area contributed by atoms with Gasteiger partial charge in [0.25, 0.3) is 0 Å². The lowest BCUT2D eigenvalue weighted by Crippen LogP contribution is -2.28. The molecule has 102 valence electrons. The predicted octanol–water partition coefficient (Wildman–Crippen LogP) is 3.08. The minimum absolute atomic E-state index is 0.650. The fourth-order valence-electron chi connectivity index (χ4n) is 3.17. The van der Waals surface area contributed by atoms with E-state index in [2.05, 4.69) is 35.0 Å². The van der Waals surface area contributed by atoms with Crippen LogP contribution in [0.25, 0.3) is 0 Å². The summed E-state index contributed by atoms with van der Waals surface area (Å²) in [5.41, 5.74) is 0. The maximum absolute atomic E-state index is 4.59. The molecule has 2 rings (SSSR count). The number of nitrogens with zero attached hydrogens (tertiary/aromatic N) is 2. The number of hydrogen-bond donors (Lipinski definition) is 1. The van der Waals surface area contributed by atoms with Gasteiger partial charge in [-0.3, -0.25) is 0 Å². The summed E-state index contributed by atoms with van der Waals surface area (Å²) in [6.07, 6.45) is 12.1. The molecule has 1 aliphatic carbocycles. The quantitative estimate of drug-likeness (QED) is 0.642. The maximum Gasteiger partial charge on any atom is 0.111 e. The molecule has 1 N–H and O–H groups in total. The number of hydrogen-bond acceptors (Lipinski definition) is 2. The molecule has 1 aliphatic rings. The van der Waals surface area contributed by atoms with E-state index >= 15 is 0 Å². The van der Waals surface area contributed by atoms with E-state index < -0.39 is 0 Å². The van der Waals surface area contributed by atoms with Crippen molar-refractivity contribution in [2.75, 3.05) is 13.1 Å². The first-order chi connectivity index (χ1) is 8.83. The first-order valence-corrected chi connectivity index (χ1v) is 7.51. The predicted molar refractivity (Wildman–Crippen MR) is 75.7 cm³/mol. The summed E-state index contributed by atoms with van der Waals surface area (Å²) in [4.78, 5) is 4.59. The molecule has 1 heterocycles. The van der Waals surface area contributed by atoms with Crippen LogP contribution in [0.2, 0.25) is 0 Å². The molecule has 2 unspecified atom stereocenters. The molecule has 0 spiro atoms. The Kier molecular flexibility index (Phi) is 5.24. The summed E-state index contributed by atoms with van der Waals surface area (Å²) in [6, 6.07) is 0. The zero-order chi connectivity index (χ0) is 12.8. The molecule has 3 nitrogen and oxygen atoms in total. The van der Waals surface area contributed by atoms with Crippen LogP contribution in [0.4, 0.5) is 0 Å². The van der Waals surface area contributed by atoms with Gasteiger partial charge in [-0.1, -0.05) is 26.2 Å². The molecule has 1 fully saturated rings. The van der Waals surface area contributed by atoms with Crippen molar-refractivity contribution in [2.24, 2.45) is 13.0 Å². The number of rotatable bonds is 5. The normalized spacial score (nSPS) is 25.0. The van der Waals surface area contributed by atoms with Gasteiger partial charge in [-0.05, 0) is 38.3 Å². The zero-order valence-corrected chi connectivity index (χ0v) is 11.9. The van der Waals surface area contributed by atoms with E-state index in [1.807, 2.05) is 6.20 Å². The van der Waals surface area contributed by atoms with Crippen molar-refractivity contribution in [1.29, 1.82) is 0 Å². The second-order valence-corrected chi connectivity index (χ2v) is 5.61. The second kappa shape index (κ2) is 6.93. The van der Waals surface area contributed by atoms with E-state index in [1.165, 1.54) is 44.3 Å². The first kappa shape index (κ1) is 13.6. The molecule has 3 heteroatoms. The molecule has 2 atom stereocenters. The third-order valence-corrected chi connectivity index (χ3v) is 4.18. The fourth-order valence-corrected chi connectivity index (χ4v) is 3.17. The monoisotopic (exact) mass is 249 g/mol. The summed E-state index contributed by atoms with van der Waals surface area (Å²) >= 11 is 0. The molecule has 0 bridgehead atoms. The van der Waals surface area contributed by atoms with Crippen molar-refractivity contribution in [3.05, 3.63) is 18.2 Å². The van der Waals surface area contributed by atoms with Crippen LogP contribution in [-0.2, 0) is 7.05 Å². The van der Waals surface area contributed by atoms with E-state index in [1.54, 1.807) is 0 Å². The first-order valence-electron chi connectivity index (χ1n) is 7.51. The Labute approximate surface area is 111 Å². The Hall–Kier alpha value is -0.830. The average Bonchev–Trinajstić information content (AvgIpc) is 2.65. The molecular weight excluding hydrogens is 222 g/mol. The van der Waals surface area contributed by atoms with Crippen LogP contribution in [0.1, 0.15) is 57.2 Å². The summed E-state index contributed by atoms with van der Waals surface area (Å²) in [6.45, 7) is 4.53. The Balaban J connectivity index is 2.04. The van der Waals surface area contributed by atoms with Gasteiger partial charge in [0.15, 0.2) is 0 Å². The third-order valence-electron chi connectivity index (χ3n) is 4.18. The van der Waals surface area contributed by atoms with Gasteiger partial charge < -0.3 is 9.88 Å². The van der Waals surface area contributed by atoms with Crippen molar-refractivity contribution < 1.29 is 0 Å². The van der Waals surface area contributed by atoms with Crippen LogP contribution in [-0.4, -0.2) is 22.6 Å². The highest BCUT2D eigenvalue weighted by Crippen LogP contribution is 2.35. The zero-order valence-electron chi connectivity index (χ0n) is 11.9. The van der Waals surface area contributed by atoms with Crippen LogP contribution in [0, 0.1) is 5.92 Å². The molecule has 0 saturated heterocycles. The summed E-state index contributed by atoms with van der Waals surface area (Å²) in [5, 5.41) is 3.61. The van der Waals surface area contributed by atoms with Crippen molar-refractivity contribution in [3.63, 3.8) is 0 Å². The minimum Gasteiger partial charge on any atom is -0.338 e. The van der Waals surface area contributed by atoms with E-state index in [9.17, 15) is 0 Å². The van der Waals surface area contributed by atoms with Gasteiger partial charge in [-0.25, -0.2) is 4.98 Å². The van der Waals surface area contributed by atoms with Gasteiger partial charge in [0.1, 0.15) is 5.82 Å². The van der Waals surface area contributed by atoms with Crippen molar-refractivity contribution in [2.45, 2.75) is 51.4 Å². The molecule has 0 aromatic carbocycles. The van der Waals surface area contributed by atoms with Crippen molar-refractivity contribution in [3.8, 4) is 0 Å². The minimum atomic E-state index is 0.650. The number of aryl methyl sites for hydroxylation is 1. The summed E-state index contributed by atoms with van der Waals surface area (Å²) in [5.74, 6) is 2.71. The molecular formula is C15H27N3. The highest BCUT2D eigenvalue weighted by Gasteiger charge is 2.27. The largest absolute Gasteiger partial charge is 0.338 e. The molecule has 1 aromatic rings. The van der Waals surface area contributed by atoms with Gasteiger partial charge in [0.05, 0.1) is 0 Å². The van der Waals surface area contributed by atoms with E-state index in [0.717, 1.165) is 19.0 Å². The smallest absolute Gasteiger partial charge is 0.111 e. The van der Waals surface area contributed by atoms with Crippen LogP contribution < -0.4 is 5.32 Å². The lowest BCUT2D eigenvalue weighted by Gasteiger charge is -2.25. The number of imidazole rings is 1. The standard InChI is InChI=1S/C15H27N3/c1-3-9-16-12-13-7-5-4-6-8-14(13)15-17-10-11-18(15)2/h10-11,13-14,16H,3-9,12H2,1-2H3. The lowest BCUT2D eigenvalue weighted by atomic mass is 9.87. The van der Waals surface area contributed by atoms with Crippen LogP contribution >= 0.6 is 0 Å². The van der Waals surface area contributed by atoms with Crippen LogP contribution in [0.15, 0.2) is 12.4 Å².